The van der Waals surface area contributed by atoms with E-state index in [0.717, 1.165) is 11.8 Å². The summed E-state index contributed by atoms with van der Waals surface area (Å²) >= 11 is 0. The predicted molar refractivity (Wildman–Crippen MR) is 289 cm³/mol. The predicted octanol–water partition coefficient (Wildman–Crippen LogP) is 20.4. The van der Waals surface area contributed by atoms with Gasteiger partial charge >= 0.3 is 0 Å². The fraction of sp³-hybridized carbons (Fsp3) is 0.538. The fourth-order valence-corrected chi connectivity index (χ4v) is 12.5. The highest BCUT2D eigenvalue weighted by molar-refractivity contribution is 5.92. The second kappa shape index (κ2) is 19.8. The molecule has 0 spiro atoms. The molecule has 0 saturated heterocycles. The fourth-order valence-electron chi connectivity index (χ4n) is 12.5. The number of fused-ring (bicyclic) bond motifs is 3. The van der Waals surface area contributed by atoms with Crippen LogP contribution in [0.2, 0.25) is 0 Å². The van der Waals surface area contributed by atoms with Crippen LogP contribution in [0.25, 0.3) is 32.3 Å². The Morgan fingerprint density at radius 3 is 0.955 bits per heavy atom. The van der Waals surface area contributed by atoms with Crippen LogP contribution < -0.4 is 0 Å². The van der Waals surface area contributed by atoms with Crippen molar-refractivity contribution in [3.05, 3.63) is 141 Å². The summed E-state index contributed by atoms with van der Waals surface area (Å²) in [6.07, 6.45) is 13.6. The van der Waals surface area contributed by atoms with Gasteiger partial charge in [-0.05, 0) is 194 Å². The molecule has 3 aliphatic carbocycles. The number of benzene rings is 6. The first-order valence-electron chi connectivity index (χ1n) is 26.3. The molecule has 9 rings (SSSR count). The maximum absolute atomic E-state index is 13.5. The second-order valence-electron chi connectivity index (χ2n) is 25.2. The van der Waals surface area contributed by atoms with E-state index in [9.17, 15) is 8.78 Å². The van der Waals surface area contributed by atoms with E-state index >= 15 is 0 Å². The van der Waals surface area contributed by atoms with Gasteiger partial charge in [0.2, 0.25) is 5.92 Å². The van der Waals surface area contributed by atoms with Crippen LogP contribution in [-0.2, 0) is 16.2 Å². The Morgan fingerprint density at radius 2 is 0.657 bits per heavy atom. The van der Waals surface area contributed by atoms with Gasteiger partial charge in [0.25, 0.3) is 0 Å². The van der Waals surface area contributed by atoms with Gasteiger partial charge in [0, 0.05) is 12.8 Å². The number of rotatable bonds is 3. The Labute approximate surface area is 406 Å². The number of hydrogen-bond acceptors (Lipinski definition) is 0. The topological polar surface area (TPSA) is 0 Å². The SMILES string of the molecule is Cc1c(C(C)(C)C)cc(C2CCC(C)(C)CC2)c2ccccc12.Cc1c(C(C)(C)C)cc(C2CCC(F)(F)CC2)c2ccccc12.Cc1c(C(C)(C)C)cc(C2CCCCC2)c2ccccc12. The van der Waals surface area contributed by atoms with Crippen molar-refractivity contribution < 1.29 is 8.78 Å². The molecule has 0 unspecified atom stereocenters. The van der Waals surface area contributed by atoms with Crippen molar-refractivity contribution in [3.63, 3.8) is 0 Å². The molecule has 360 valence electrons. The van der Waals surface area contributed by atoms with E-state index in [1.54, 1.807) is 11.1 Å². The minimum absolute atomic E-state index is 0.0186. The van der Waals surface area contributed by atoms with E-state index in [-0.39, 0.29) is 35.0 Å². The van der Waals surface area contributed by atoms with Gasteiger partial charge in [-0.1, -0.05) is 186 Å². The van der Waals surface area contributed by atoms with Crippen molar-refractivity contribution in [2.45, 2.75) is 220 Å². The van der Waals surface area contributed by atoms with E-state index in [1.165, 1.54) is 129 Å². The Bertz CT molecular complexity index is 2520. The summed E-state index contributed by atoms with van der Waals surface area (Å²) in [6, 6.07) is 33.9. The van der Waals surface area contributed by atoms with E-state index in [0.29, 0.717) is 18.3 Å². The van der Waals surface area contributed by atoms with E-state index in [2.05, 4.69) is 188 Å². The lowest BCUT2D eigenvalue weighted by molar-refractivity contribution is -0.0381. The minimum atomic E-state index is -2.47. The summed E-state index contributed by atoms with van der Waals surface area (Å²) in [5, 5.41) is 8.42. The van der Waals surface area contributed by atoms with Crippen LogP contribution in [0.15, 0.2) is 91.0 Å². The van der Waals surface area contributed by atoms with E-state index < -0.39 is 5.92 Å². The number of alkyl halides is 2. The van der Waals surface area contributed by atoms with Crippen molar-refractivity contribution in [1.82, 2.24) is 0 Å². The molecule has 2 heteroatoms. The van der Waals surface area contributed by atoms with Gasteiger partial charge in [-0.2, -0.15) is 0 Å². The van der Waals surface area contributed by atoms with Gasteiger partial charge in [0.05, 0.1) is 0 Å². The largest absolute Gasteiger partial charge is 0.248 e. The molecule has 0 aromatic heterocycles. The Kier molecular flexibility index (Phi) is 15.0. The smallest absolute Gasteiger partial charge is 0.207 e. The maximum Gasteiger partial charge on any atom is 0.248 e. The highest BCUT2D eigenvalue weighted by atomic mass is 19.3. The third-order valence-electron chi connectivity index (χ3n) is 16.4. The molecule has 0 atom stereocenters. The van der Waals surface area contributed by atoms with Gasteiger partial charge in [-0.3, -0.25) is 0 Å². The van der Waals surface area contributed by atoms with Crippen LogP contribution in [0.3, 0.4) is 0 Å². The molecule has 6 aromatic rings. The van der Waals surface area contributed by atoms with Gasteiger partial charge in [-0.25, -0.2) is 8.78 Å². The minimum Gasteiger partial charge on any atom is -0.207 e. The standard InChI is InChI=1S/C23H32.C21H26F2.C21H28/c1-16-18-9-7-8-10-19(18)20(15-21(16)22(2,3)4)17-11-13-23(5,6)14-12-17;1-14-16-7-5-6-8-17(16)18(13-19(14)20(2,3)4)15-9-11-21(22,23)12-10-15;1-15-17-12-8-9-13-18(17)19(14-20(15)21(2,3)4)16-10-6-5-7-11-16/h7-10,15,17H,11-14H2,1-6H3;5-8,13,15H,9-12H2,1-4H3;8-9,12-14,16H,5-7,10-11H2,1-4H3. The highest BCUT2D eigenvalue weighted by Crippen LogP contribution is 2.48. The summed E-state index contributed by atoms with van der Waals surface area (Å²) in [6.45, 7) is 32.4. The van der Waals surface area contributed by atoms with Crippen molar-refractivity contribution in [3.8, 4) is 0 Å². The summed E-state index contributed by atoms with van der Waals surface area (Å²) in [5.74, 6) is -0.717. The lowest BCUT2D eigenvalue weighted by Gasteiger charge is -2.36. The molecule has 0 radical (unpaired) electrons. The van der Waals surface area contributed by atoms with Crippen molar-refractivity contribution >= 4 is 32.3 Å². The van der Waals surface area contributed by atoms with Crippen LogP contribution in [0.1, 0.15) is 227 Å². The molecule has 0 N–H and O–H groups in total. The monoisotopic (exact) mass is 905 g/mol. The van der Waals surface area contributed by atoms with Crippen LogP contribution in [-0.4, -0.2) is 5.92 Å². The molecule has 6 aromatic carbocycles. The van der Waals surface area contributed by atoms with Gasteiger partial charge in [0.1, 0.15) is 0 Å². The first kappa shape index (κ1) is 50.8. The summed E-state index contributed by atoms with van der Waals surface area (Å²) in [5.41, 5.74) is 14.1. The lowest BCUT2D eigenvalue weighted by Crippen LogP contribution is -2.24. The maximum atomic E-state index is 13.5. The normalized spacial score (nSPS) is 18.6. The molecule has 0 nitrogen and oxygen atoms in total. The molecule has 67 heavy (non-hydrogen) atoms. The van der Waals surface area contributed by atoms with Crippen molar-refractivity contribution in [2.24, 2.45) is 5.41 Å². The summed E-state index contributed by atoms with van der Waals surface area (Å²) in [4.78, 5) is 0. The summed E-state index contributed by atoms with van der Waals surface area (Å²) < 4.78 is 27.1. The van der Waals surface area contributed by atoms with Crippen LogP contribution in [0.4, 0.5) is 8.78 Å². The molecular formula is C65H86F2. The van der Waals surface area contributed by atoms with Gasteiger partial charge in [-0.15, -0.1) is 0 Å². The van der Waals surface area contributed by atoms with E-state index in [1.807, 2.05) is 0 Å². The molecule has 0 bridgehead atoms. The van der Waals surface area contributed by atoms with Crippen molar-refractivity contribution in [2.75, 3.05) is 0 Å². The number of aryl methyl sites for hydroxylation is 3. The number of hydrogen-bond donors (Lipinski definition) is 0. The zero-order valence-electron chi connectivity index (χ0n) is 44.3. The third kappa shape index (κ3) is 11.5. The molecule has 3 aliphatic rings. The highest BCUT2D eigenvalue weighted by Gasteiger charge is 2.37. The second-order valence-corrected chi connectivity index (χ2v) is 25.2. The number of halogens is 2. The Morgan fingerprint density at radius 1 is 0.388 bits per heavy atom. The Hall–Kier alpha value is -4.04. The quantitative estimate of drug-likeness (QED) is 0.166. The average Bonchev–Trinajstić information content (AvgIpc) is 3.27. The van der Waals surface area contributed by atoms with E-state index in [4.69, 9.17) is 0 Å². The first-order chi connectivity index (χ1) is 31.4. The van der Waals surface area contributed by atoms with Crippen LogP contribution in [0.5, 0.6) is 0 Å². The molecule has 0 heterocycles. The zero-order chi connectivity index (χ0) is 48.7. The van der Waals surface area contributed by atoms with Gasteiger partial charge < -0.3 is 0 Å². The van der Waals surface area contributed by atoms with Gasteiger partial charge in [0.15, 0.2) is 0 Å². The van der Waals surface area contributed by atoms with Crippen LogP contribution >= 0.6 is 0 Å². The average molecular weight is 905 g/mol. The molecule has 3 fully saturated rings. The third-order valence-corrected chi connectivity index (χ3v) is 16.4. The molecule has 3 saturated carbocycles. The molecule has 0 aliphatic heterocycles. The Balaban J connectivity index is 0.000000149. The zero-order valence-corrected chi connectivity index (χ0v) is 44.3. The van der Waals surface area contributed by atoms with Crippen molar-refractivity contribution in [1.29, 1.82) is 0 Å². The molecule has 0 amide bonds. The van der Waals surface area contributed by atoms with Crippen LogP contribution in [0, 0.1) is 26.2 Å². The molecular weight excluding hydrogens is 819 g/mol. The lowest BCUT2D eigenvalue weighted by atomic mass is 9.69. The first-order valence-corrected chi connectivity index (χ1v) is 26.3. The summed E-state index contributed by atoms with van der Waals surface area (Å²) in [7, 11) is 0.